The van der Waals surface area contributed by atoms with Crippen LogP contribution in [0.5, 0.6) is 10.9 Å². The molecule has 0 saturated heterocycles. The lowest BCUT2D eigenvalue weighted by atomic mass is 10.3. The maximum Gasteiger partial charge on any atom is 0.279 e. The predicted octanol–water partition coefficient (Wildman–Crippen LogP) is 4.00. The summed E-state index contributed by atoms with van der Waals surface area (Å²) in [6.07, 6.45) is 0. The Kier molecular flexibility index (Phi) is 2.85. The van der Waals surface area contributed by atoms with E-state index in [1.165, 1.54) is 23.5 Å². The number of benzene rings is 2. The molecule has 94 valence electrons. The number of hydrogen-bond donors (Lipinski definition) is 0. The maximum atomic E-state index is 10.5. The topological polar surface area (TPSA) is 65.3 Å². The molecule has 0 saturated carbocycles. The van der Waals surface area contributed by atoms with Crippen molar-refractivity contribution in [2.24, 2.45) is 0 Å². The minimum atomic E-state index is -0.443. The molecule has 3 aromatic rings. The van der Waals surface area contributed by atoms with Gasteiger partial charge in [0.25, 0.3) is 10.9 Å². The van der Waals surface area contributed by atoms with E-state index in [2.05, 4.69) is 4.98 Å². The van der Waals surface area contributed by atoms with Crippen LogP contribution in [0.25, 0.3) is 10.2 Å². The van der Waals surface area contributed by atoms with Crippen LogP contribution in [0.4, 0.5) is 5.69 Å². The number of non-ortho nitro benzene ring substituents is 1. The monoisotopic (exact) mass is 272 g/mol. The molecule has 0 aliphatic carbocycles. The number of thiazole rings is 1. The van der Waals surface area contributed by atoms with Crippen LogP contribution in [0.2, 0.25) is 0 Å². The Labute approximate surface area is 112 Å². The third kappa shape index (κ3) is 2.38. The summed E-state index contributed by atoms with van der Waals surface area (Å²) < 4.78 is 6.62. The molecular weight excluding hydrogens is 264 g/mol. The van der Waals surface area contributed by atoms with E-state index in [1.807, 2.05) is 24.3 Å². The van der Waals surface area contributed by atoms with E-state index in [4.69, 9.17) is 4.74 Å². The third-order valence-corrected chi connectivity index (χ3v) is 3.44. The van der Waals surface area contributed by atoms with Crippen LogP contribution < -0.4 is 4.74 Å². The normalized spacial score (nSPS) is 10.5. The van der Waals surface area contributed by atoms with E-state index in [1.54, 1.807) is 12.1 Å². The van der Waals surface area contributed by atoms with Gasteiger partial charge in [0.2, 0.25) is 0 Å². The van der Waals surface area contributed by atoms with Gasteiger partial charge in [-0.25, -0.2) is 4.98 Å². The van der Waals surface area contributed by atoms with Gasteiger partial charge < -0.3 is 4.74 Å². The van der Waals surface area contributed by atoms with Gasteiger partial charge in [-0.2, -0.15) is 0 Å². The molecule has 0 unspecified atom stereocenters. The van der Waals surface area contributed by atoms with Crippen LogP contribution in [0, 0.1) is 10.1 Å². The highest BCUT2D eigenvalue weighted by molar-refractivity contribution is 7.20. The lowest BCUT2D eigenvalue weighted by molar-refractivity contribution is -0.384. The zero-order valence-corrected chi connectivity index (χ0v) is 10.5. The SMILES string of the molecule is O=[N+]([O-])c1ccc(Oc2nc3ccccc3s2)cc1. The summed E-state index contributed by atoms with van der Waals surface area (Å²) in [7, 11) is 0. The van der Waals surface area contributed by atoms with Crippen molar-refractivity contribution in [3.8, 4) is 10.9 Å². The van der Waals surface area contributed by atoms with Crippen molar-refractivity contribution in [2.45, 2.75) is 0 Å². The molecule has 19 heavy (non-hydrogen) atoms. The molecule has 0 bridgehead atoms. The largest absolute Gasteiger partial charge is 0.431 e. The van der Waals surface area contributed by atoms with E-state index >= 15 is 0 Å². The van der Waals surface area contributed by atoms with E-state index in [-0.39, 0.29) is 5.69 Å². The van der Waals surface area contributed by atoms with Crippen molar-refractivity contribution < 1.29 is 9.66 Å². The second kappa shape index (κ2) is 4.66. The molecule has 0 aliphatic rings. The highest BCUT2D eigenvalue weighted by Crippen LogP contribution is 2.31. The zero-order chi connectivity index (χ0) is 13.2. The Hall–Kier alpha value is -2.47. The minimum Gasteiger partial charge on any atom is -0.431 e. The van der Waals surface area contributed by atoms with Crippen LogP contribution in [-0.4, -0.2) is 9.91 Å². The van der Waals surface area contributed by atoms with Gasteiger partial charge in [0.05, 0.1) is 15.1 Å². The van der Waals surface area contributed by atoms with E-state index in [9.17, 15) is 10.1 Å². The van der Waals surface area contributed by atoms with Crippen LogP contribution in [0.15, 0.2) is 48.5 Å². The Bertz CT molecular complexity index is 704. The molecule has 5 nitrogen and oxygen atoms in total. The molecule has 0 atom stereocenters. The van der Waals surface area contributed by atoms with E-state index in [0.29, 0.717) is 10.9 Å². The number of nitro benzene ring substituents is 1. The first kappa shape index (κ1) is 11.6. The Morgan fingerprint density at radius 3 is 2.53 bits per heavy atom. The van der Waals surface area contributed by atoms with Gasteiger partial charge >= 0.3 is 0 Å². The Morgan fingerprint density at radius 2 is 1.84 bits per heavy atom. The highest BCUT2D eigenvalue weighted by atomic mass is 32.1. The number of aromatic nitrogens is 1. The van der Waals surface area contributed by atoms with Gasteiger partial charge in [0.1, 0.15) is 5.75 Å². The van der Waals surface area contributed by atoms with Crippen LogP contribution in [0.3, 0.4) is 0 Å². The van der Waals surface area contributed by atoms with Gasteiger partial charge in [-0.1, -0.05) is 23.5 Å². The number of nitro groups is 1. The van der Waals surface area contributed by atoms with E-state index < -0.39 is 4.92 Å². The van der Waals surface area contributed by atoms with Gasteiger partial charge in [-0.3, -0.25) is 10.1 Å². The number of fused-ring (bicyclic) bond motifs is 1. The molecule has 0 N–H and O–H groups in total. The summed E-state index contributed by atoms with van der Waals surface area (Å²) in [5.41, 5.74) is 0.918. The fourth-order valence-corrected chi connectivity index (χ4v) is 2.47. The summed E-state index contributed by atoms with van der Waals surface area (Å²) in [6.45, 7) is 0. The van der Waals surface area contributed by atoms with Gasteiger partial charge in [-0.05, 0) is 24.3 Å². The molecular formula is C13H8N2O3S. The first-order valence-electron chi connectivity index (χ1n) is 5.50. The fraction of sp³-hybridized carbons (Fsp3) is 0. The van der Waals surface area contributed by atoms with Crippen molar-refractivity contribution in [3.05, 3.63) is 58.6 Å². The van der Waals surface area contributed by atoms with Crippen molar-refractivity contribution in [1.29, 1.82) is 0 Å². The maximum absolute atomic E-state index is 10.5. The average Bonchev–Trinajstić information content (AvgIpc) is 2.81. The smallest absolute Gasteiger partial charge is 0.279 e. The number of rotatable bonds is 3. The quantitative estimate of drug-likeness (QED) is 0.534. The second-order valence-corrected chi connectivity index (χ2v) is 4.79. The zero-order valence-electron chi connectivity index (χ0n) is 9.65. The number of nitrogens with zero attached hydrogens (tertiary/aromatic N) is 2. The minimum absolute atomic E-state index is 0.0386. The number of ether oxygens (including phenoxy) is 1. The van der Waals surface area contributed by atoms with Gasteiger partial charge in [0, 0.05) is 12.1 Å². The lowest BCUT2D eigenvalue weighted by Gasteiger charge is -1.99. The lowest BCUT2D eigenvalue weighted by Crippen LogP contribution is -1.88. The first-order chi connectivity index (χ1) is 9.22. The summed E-state index contributed by atoms with van der Waals surface area (Å²) in [4.78, 5) is 14.4. The average molecular weight is 272 g/mol. The molecule has 0 radical (unpaired) electrons. The first-order valence-corrected chi connectivity index (χ1v) is 6.32. The van der Waals surface area contributed by atoms with E-state index in [0.717, 1.165) is 10.2 Å². The summed E-state index contributed by atoms with van der Waals surface area (Å²) in [6, 6.07) is 13.7. The Morgan fingerprint density at radius 1 is 1.11 bits per heavy atom. The summed E-state index contributed by atoms with van der Waals surface area (Å²) in [5.74, 6) is 0.532. The van der Waals surface area contributed by atoms with Crippen molar-refractivity contribution in [2.75, 3.05) is 0 Å². The molecule has 6 heteroatoms. The van der Waals surface area contributed by atoms with Crippen LogP contribution in [-0.2, 0) is 0 Å². The molecule has 0 spiro atoms. The number of para-hydroxylation sites is 1. The summed E-state index contributed by atoms with van der Waals surface area (Å²) >= 11 is 1.44. The fourth-order valence-electron chi connectivity index (χ4n) is 1.63. The standard InChI is InChI=1S/C13H8N2O3S/c16-15(17)9-5-7-10(8-6-9)18-13-14-11-3-1-2-4-12(11)19-13/h1-8H. The van der Waals surface area contributed by atoms with Gasteiger partial charge in [0.15, 0.2) is 0 Å². The second-order valence-electron chi connectivity index (χ2n) is 3.80. The van der Waals surface area contributed by atoms with Gasteiger partial charge in [-0.15, -0.1) is 0 Å². The predicted molar refractivity (Wildman–Crippen MR) is 72.8 cm³/mol. The number of hydrogen-bond acceptors (Lipinski definition) is 5. The molecule has 0 aliphatic heterocycles. The van der Waals surface area contributed by atoms with Crippen molar-refractivity contribution in [1.82, 2.24) is 4.98 Å². The molecule has 1 aromatic heterocycles. The van der Waals surface area contributed by atoms with Crippen LogP contribution in [0.1, 0.15) is 0 Å². The molecule has 0 fully saturated rings. The van der Waals surface area contributed by atoms with Crippen LogP contribution >= 0.6 is 11.3 Å². The molecule has 2 aromatic carbocycles. The molecule has 3 rings (SSSR count). The highest BCUT2D eigenvalue weighted by Gasteiger charge is 2.08. The third-order valence-electron chi connectivity index (χ3n) is 2.53. The summed E-state index contributed by atoms with van der Waals surface area (Å²) in [5, 5.41) is 11.1. The molecule has 0 amide bonds. The molecule has 1 heterocycles. The Balaban J connectivity index is 1.86. The van der Waals surface area contributed by atoms with Crippen molar-refractivity contribution in [3.63, 3.8) is 0 Å². The van der Waals surface area contributed by atoms with Crippen molar-refractivity contribution >= 4 is 27.2 Å².